The van der Waals surface area contributed by atoms with Crippen molar-refractivity contribution in [3.63, 3.8) is 0 Å². The minimum atomic E-state index is -0.436. The summed E-state index contributed by atoms with van der Waals surface area (Å²) in [5.41, 5.74) is 4.25. The lowest BCUT2D eigenvalue weighted by Crippen LogP contribution is -2.32. The highest BCUT2D eigenvalue weighted by atomic mass is 79.9. The Morgan fingerprint density at radius 2 is 2.07 bits per heavy atom. The van der Waals surface area contributed by atoms with E-state index in [2.05, 4.69) is 31.1 Å². The molecule has 1 aliphatic heterocycles. The molecular weight excluding hydrogens is 411 g/mol. The van der Waals surface area contributed by atoms with Gasteiger partial charge in [0.1, 0.15) is 5.82 Å². The first-order valence-corrected chi connectivity index (χ1v) is 9.14. The molecule has 0 saturated carbocycles. The summed E-state index contributed by atoms with van der Waals surface area (Å²) >= 11 is 3.60. The largest absolute Gasteiger partial charge is 0.352 e. The number of hydrogen-bond donors (Lipinski definition) is 1. The van der Waals surface area contributed by atoms with Gasteiger partial charge in [-0.2, -0.15) is 0 Å². The summed E-state index contributed by atoms with van der Waals surface area (Å²) in [4.78, 5) is 20.0. The van der Waals surface area contributed by atoms with Gasteiger partial charge in [0.15, 0.2) is 5.69 Å². The lowest BCUT2D eigenvalue weighted by atomic mass is 10.1. The van der Waals surface area contributed by atoms with E-state index in [0.29, 0.717) is 35.1 Å². The van der Waals surface area contributed by atoms with Crippen LogP contribution in [0.2, 0.25) is 0 Å². The van der Waals surface area contributed by atoms with Crippen LogP contribution in [0.1, 0.15) is 21.6 Å². The Balaban J connectivity index is 1.93. The summed E-state index contributed by atoms with van der Waals surface area (Å²) in [7, 11) is 0. The summed E-state index contributed by atoms with van der Waals surface area (Å²) in [6.07, 6.45) is 4.07. The van der Waals surface area contributed by atoms with Crippen LogP contribution in [0.4, 0.5) is 10.1 Å². The van der Waals surface area contributed by atoms with Gasteiger partial charge in [-0.05, 0) is 45.8 Å². The van der Waals surface area contributed by atoms with Gasteiger partial charge in [-0.1, -0.05) is 6.07 Å². The predicted octanol–water partition coefficient (Wildman–Crippen LogP) is 4.34. The van der Waals surface area contributed by atoms with E-state index in [1.165, 1.54) is 12.1 Å². The molecule has 2 aromatic heterocycles. The van der Waals surface area contributed by atoms with Gasteiger partial charge < -0.3 is 9.88 Å². The average Bonchev–Trinajstić information content (AvgIpc) is 2.96. The molecule has 0 saturated heterocycles. The second kappa shape index (κ2) is 6.97. The number of halogens is 2. The van der Waals surface area contributed by atoms with Crippen molar-refractivity contribution in [3.8, 4) is 11.3 Å². The summed E-state index contributed by atoms with van der Waals surface area (Å²) in [5, 5.41) is 2.87. The van der Waals surface area contributed by atoms with Crippen molar-refractivity contribution in [2.45, 2.75) is 13.0 Å². The molecule has 7 heteroatoms. The number of pyridine rings is 1. The molecular formula is C20H14BrFN4O. The van der Waals surface area contributed by atoms with Gasteiger partial charge in [0.05, 0.1) is 22.3 Å². The maximum atomic E-state index is 13.5. The number of benzene rings is 1. The Hall–Kier alpha value is -2.98. The third-order valence-corrected chi connectivity index (χ3v) is 5.41. The van der Waals surface area contributed by atoms with E-state index >= 15 is 0 Å². The van der Waals surface area contributed by atoms with E-state index < -0.39 is 5.82 Å². The number of nitrogens with zero attached hydrogens (tertiary/aromatic N) is 3. The fourth-order valence-corrected chi connectivity index (χ4v) is 4.27. The first-order valence-electron chi connectivity index (χ1n) is 8.35. The Bertz CT molecular complexity index is 1090. The molecule has 0 spiro atoms. The lowest BCUT2D eigenvalue weighted by molar-refractivity contribution is 0.0944. The molecule has 1 amide bonds. The first-order chi connectivity index (χ1) is 13.1. The quantitative estimate of drug-likeness (QED) is 0.635. The van der Waals surface area contributed by atoms with Gasteiger partial charge in [-0.25, -0.2) is 9.24 Å². The van der Waals surface area contributed by atoms with Crippen LogP contribution in [0.3, 0.4) is 0 Å². The molecule has 1 aromatic carbocycles. The number of carbonyl (C=O) groups is 1. The zero-order valence-electron chi connectivity index (χ0n) is 14.2. The molecule has 4 rings (SSSR count). The van der Waals surface area contributed by atoms with Crippen LogP contribution in [0.15, 0.2) is 47.2 Å². The number of hydrogen-bond acceptors (Lipinski definition) is 2. The van der Waals surface area contributed by atoms with Crippen molar-refractivity contribution in [2.75, 3.05) is 6.54 Å². The normalized spacial score (nSPS) is 13.0. The standard InChI is InChI=1S/C20H14BrFN4O/c1-23-15-10-14(22)3-2-13(15)11-26-16-6-9-25-20(27)17(16)18(21)19(26)12-4-7-24-8-5-12/h2-5,7-8,10H,6,9,11H2,(H,25,27). The number of rotatable bonds is 3. The molecule has 1 aliphatic rings. The topological polar surface area (TPSA) is 51.3 Å². The van der Waals surface area contributed by atoms with Crippen LogP contribution < -0.4 is 5.32 Å². The van der Waals surface area contributed by atoms with Gasteiger partial charge in [-0.3, -0.25) is 9.78 Å². The van der Waals surface area contributed by atoms with Crippen LogP contribution in [0.25, 0.3) is 16.1 Å². The summed E-state index contributed by atoms with van der Waals surface area (Å²) in [5.74, 6) is -0.559. The SMILES string of the molecule is [C-]#[N+]c1cc(F)ccc1Cn1c2c(c(Br)c1-c1ccncc1)C(=O)NCC2. The highest BCUT2D eigenvalue weighted by Crippen LogP contribution is 2.38. The second-order valence-electron chi connectivity index (χ2n) is 6.20. The molecule has 1 N–H and O–H groups in total. The zero-order chi connectivity index (χ0) is 19.0. The fourth-order valence-electron chi connectivity index (χ4n) is 3.42. The van der Waals surface area contributed by atoms with Crippen LogP contribution >= 0.6 is 15.9 Å². The van der Waals surface area contributed by atoms with Crippen LogP contribution in [-0.4, -0.2) is 22.0 Å². The van der Waals surface area contributed by atoms with E-state index in [0.717, 1.165) is 17.0 Å². The van der Waals surface area contributed by atoms with E-state index in [-0.39, 0.29) is 11.6 Å². The lowest BCUT2D eigenvalue weighted by Gasteiger charge is -2.18. The minimum absolute atomic E-state index is 0.123. The Morgan fingerprint density at radius 1 is 1.30 bits per heavy atom. The number of carbonyl (C=O) groups excluding carboxylic acids is 1. The van der Waals surface area contributed by atoms with Crippen molar-refractivity contribution in [3.05, 3.63) is 81.3 Å². The fraction of sp³-hybridized carbons (Fsp3) is 0.150. The molecule has 27 heavy (non-hydrogen) atoms. The molecule has 3 aromatic rings. The number of aromatic nitrogens is 2. The molecule has 0 atom stereocenters. The Morgan fingerprint density at radius 3 is 2.81 bits per heavy atom. The van der Waals surface area contributed by atoms with Crippen LogP contribution in [0, 0.1) is 12.4 Å². The third-order valence-electron chi connectivity index (χ3n) is 4.64. The summed E-state index contributed by atoms with van der Waals surface area (Å²) in [6.45, 7) is 8.28. The van der Waals surface area contributed by atoms with Crippen molar-refractivity contribution >= 4 is 27.5 Å². The molecule has 3 heterocycles. The van der Waals surface area contributed by atoms with E-state index in [4.69, 9.17) is 6.57 Å². The van der Waals surface area contributed by atoms with Gasteiger partial charge >= 0.3 is 0 Å². The highest BCUT2D eigenvalue weighted by molar-refractivity contribution is 9.10. The predicted molar refractivity (Wildman–Crippen MR) is 103 cm³/mol. The van der Waals surface area contributed by atoms with Gasteiger partial charge in [0.25, 0.3) is 5.91 Å². The minimum Gasteiger partial charge on any atom is -0.352 e. The van der Waals surface area contributed by atoms with Gasteiger partial charge in [0, 0.05) is 43.2 Å². The van der Waals surface area contributed by atoms with Crippen molar-refractivity contribution in [1.82, 2.24) is 14.9 Å². The van der Waals surface area contributed by atoms with Crippen molar-refractivity contribution < 1.29 is 9.18 Å². The maximum absolute atomic E-state index is 13.5. The molecule has 134 valence electrons. The number of fused-ring (bicyclic) bond motifs is 1. The Kier molecular flexibility index (Phi) is 4.50. The van der Waals surface area contributed by atoms with E-state index in [9.17, 15) is 9.18 Å². The van der Waals surface area contributed by atoms with Crippen molar-refractivity contribution in [1.29, 1.82) is 0 Å². The Labute approximate surface area is 163 Å². The molecule has 0 aliphatic carbocycles. The van der Waals surface area contributed by atoms with Crippen molar-refractivity contribution in [2.24, 2.45) is 0 Å². The average molecular weight is 425 g/mol. The van der Waals surface area contributed by atoms with Gasteiger partial charge in [0.2, 0.25) is 0 Å². The maximum Gasteiger partial charge on any atom is 0.254 e. The highest BCUT2D eigenvalue weighted by Gasteiger charge is 2.29. The zero-order valence-corrected chi connectivity index (χ0v) is 15.8. The monoisotopic (exact) mass is 424 g/mol. The molecule has 0 unspecified atom stereocenters. The van der Waals surface area contributed by atoms with Gasteiger partial charge in [-0.15, -0.1) is 0 Å². The molecule has 0 radical (unpaired) electrons. The van der Waals surface area contributed by atoms with E-state index in [1.807, 2.05) is 16.7 Å². The van der Waals surface area contributed by atoms with Crippen LogP contribution in [0.5, 0.6) is 0 Å². The first kappa shape index (κ1) is 17.4. The molecule has 0 fully saturated rings. The molecule has 0 bridgehead atoms. The summed E-state index contributed by atoms with van der Waals surface area (Å²) < 4.78 is 16.3. The second-order valence-corrected chi connectivity index (χ2v) is 6.99. The smallest absolute Gasteiger partial charge is 0.254 e. The number of nitrogens with one attached hydrogen (secondary N) is 1. The number of amides is 1. The third kappa shape index (κ3) is 3.02. The van der Waals surface area contributed by atoms with Crippen LogP contribution in [-0.2, 0) is 13.0 Å². The van der Waals surface area contributed by atoms with E-state index in [1.54, 1.807) is 18.5 Å². The molecule has 5 nitrogen and oxygen atoms in total. The summed E-state index contributed by atoms with van der Waals surface area (Å²) in [6, 6.07) is 7.98.